The third-order valence-electron chi connectivity index (χ3n) is 8.80. The van der Waals surface area contributed by atoms with Gasteiger partial charge in [-0.1, -0.05) is 194 Å². The van der Waals surface area contributed by atoms with Crippen LogP contribution in [0.1, 0.15) is 0 Å². The molecule has 0 aliphatic heterocycles. The van der Waals surface area contributed by atoms with E-state index in [-0.39, 0.29) is 0 Å². The molecule has 2 aromatic heterocycles. The molecule has 8 aromatic carbocycles. The van der Waals surface area contributed by atoms with Crippen LogP contribution in [-0.2, 0) is 0 Å². The number of hydrogen-bond acceptors (Lipinski definition) is 2. The molecule has 10 rings (SSSR count). The zero-order valence-corrected chi connectivity index (χ0v) is 30.2. The van der Waals surface area contributed by atoms with Gasteiger partial charge in [0.05, 0.1) is 10.2 Å². The van der Waals surface area contributed by atoms with Crippen LogP contribution in [0.25, 0.3) is 64.6 Å². The molecule has 256 valence electrons. The quantitative estimate of drug-likeness (QED) is 0.177. The number of benzene rings is 8. The van der Waals surface area contributed by atoms with Gasteiger partial charge in [-0.3, -0.25) is 0 Å². The molecule has 3 N–H and O–H groups in total. The van der Waals surface area contributed by atoms with E-state index in [2.05, 4.69) is 132 Å². The third-order valence-corrected chi connectivity index (χ3v) is 10.00. The van der Waals surface area contributed by atoms with E-state index in [0.717, 1.165) is 5.69 Å². The van der Waals surface area contributed by atoms with Gasteiger partial charge in [0.25, 0.3) is 0 Å². The van der Waals surface area contributed by atoms with Crippen molar-refractivity contribution in [1.82, 2.24) is 4.98 Å². The molecular formula is C50H40N2S. The average Bonchev–Trinajstić information content (AvgIpc) is 3.80. The molecule has 0 aliphatic rings. The number of nitrogens with one attached hydrogen (secondary N) is 1. The number of nitrogen functional groups attached to an aromatic ring is 1. The molecule has 10 aromatic rings. The van der Waals surface area contributed by atoms with Gasteiger partial charge in [-0.2, -0.15) is 0 Å². The fraction of sp³-hybridized carbons (Fsp3) is 0. The molecule has 0 atom stereocenters. The van der Waals surface area contributed by atoms with Crippen molar-refractivity contribution in [3.63, 3.8) is 0 Å². The Labute approximate surface area is 315 Å². The van der Waals surface area contributed by atoms with Gasteiger partial charge in [-0.15, -0.1) is 11.3 Å². The summed E-state index contributed by atoms with van der Waals surface area (Å²) in [6, 6.07) is 76.8. The van der Waals surface area contributed by atoms with Crippen molar-refractivity contribution in [2.45, 2.75) is 0 Å². The van der Waals surface area contributed by atoms with Gasteiger partial charge in [0.15, 0.2) is 0 Å². The maximum absolute atomic E-state index is 5.80. The lowest BCUT2D eigenvalue weighted by Gasteiger charge is -2.06. The summed E-state index contributed by atoms with van der Waals surface area (Å²) < 4.78 is 2.66. The van der Waals surface area contributed by atoms with Crippen LogP contribution < -0.4 is 5.73 Å². The van der Waals surface area contributed by atoms with Crippen molar-refractivity contribution < 1.29 is 0 Å². The Hall–Kier alpha value is -6.68. The van der Waals surface area contributed by atoms with Crippen LogP contribution in [0.4, 0.5) is 5.69 Å². The highest BCUT2D eigenvalue weighted by atomic mass is 32.1. The summed E-state index contributed by atoms with van der Waals surface area (Å²) in [7, 11) is 0. The van der Waals surface area contributed by atoms with Gasteiger partial charge >= 0.3 is 0 Å². The summed E-state index contributed by atoms with van der Waals surface area (Å²) in [5.41, 5.74) is 16.4. The highest BCUT2D eigenvalue weighted by Crippen LogP contribution is 2.39. The molecule has 0 saturated heterocycles. The van der Waals surface area contributed by atoms with E-state index in [0.29, 0.717) is 0 Å². The van der Waals surface area contributed by atoms with E-state index in [1.165, 1.54) is 64.6 Å². The second kappa shape index (κ2) is 17.5. The number of thiophene rings is 1. The van der Waals surface area contributed by atoms with E-state index in [4.69, 9.17) is 5.73 Å². The molecule has 2 nitrogen and oxygen atoms in total. The SMILES string of the molecule is Nc1ccc(-c2ccc(-c3ccc4[nH]c5c6ccccc6sc5c4c3)cc2)cc1.c1ccc(-c2ccccc2)cc1.c1ccccc1.c1ccccc1. The number of rotatable bonds is 3. The summed E-state index contributed by atoms with van der Waals surface area (Å²) in [4.78, 5) is 3.62. The van der Waals surface area contributed by atoms with E-state index < -0.39 is 0 Å². The summed E-state index contributed by atoms with van der Waals surface area (Å²) in [6.45, 7) is 0. The molecule has 0 amide bonds. The molecule has 0 radical (unpaired) electrons. The molecule has 0 bridgehead atoms. The zero-order chi connectivity index (χ0) is 36.1. The zero-order valence-electron chi connectivity index (χ0n) is 29.3. The topological polar surface area (TPSA) is 41.8 Å². The van der Waals surface area contributed by atoms with Crippen molar-refractivity contribution in [2.24, 2.45) is 0 Å². The van der Waals surface area contributed by atoms with Gasteiger partial charge in [0.1, 0.15) is 0 Å². The molecule has 2 heterocycles. The minimum absolute atomic E-state index is 0.790. The van der Waals surface area contributed by atoms with Crippen LogP contribution in [0.3, 0.4) is 0 Å². The lowest BCUT2D eigenvalue weighted by Crippen LogP contribution is -1.84. The molecule has 0 spiro atoms. The first-order valence-corrected chi connectivity index (χ1v) is 18.5. The number of hydrogen-bond donors (Lipinski definition) is 2. The number of H-pyrrole nitrogens is 1. The minimum Gasteiger partial charge on any atom is -0.399 e. The molecular weight excluding hydrogens is 661 g/mol. The number of aromatic amines is 1. The molecule has 0 fully saturated rings. The van der Waals surface area contributed by atoms with Crippen molar-refractivity contribution in [2.75, 3.05) is 5.73 Å². The molecule has 0 saturated carbocycles. The van der Waals surface area contributed by atoms with Gasteiger partial charge < -0.3 is 10.7 Å². The van der Waals surface area contributed by atoms with Crippen LogP contribution >= 0.6 is 11.3 Å². The van der Waals surface area contributed by atoms with E-state index in [1.54, 1.807) is 0 Å². The molecule has 0 aliphatic carbocycles. The maximum atomic E-state index is 5.80. The van der Waals surface area contributed by atoms with E-state index >= 15 is 0 Å². The Kier molecular flexibility index (Phi) is 11.5. The Morgan fingerprint density at radius 1 is 0.340 bits per heavy atom. The van der Waals surface area contributed by atoms with Gasteiger partial charge in [-0.05, 0) is 63.7 Å². The van der Waals surface area contributed by atoms with Crippen LogP contribution in [0.15, 0.2) is 224 Å². The fourth-order valence-electron chi connectivity index (χ4n) is 6.08. The monoisotopic (exact) mass is 700 g/mol. The summed E-state index contributed by atoms with van der Waals surface area (Å²) in [5.74, 6) is 0. The first kappa shape index (κ1) is 34.8. The Morgan fingerprint density at radius 3 is 1.23 bits per heavy atom. The normalized spacial score (nSPS) is 10.3. The van der Waals surface area contributed by atoms with Crippen molar-refractivity contribution in [3.8, 4) is 33.4 Å². The predicted octanol–water partition coefficient (Wildman–Crippen LogP) is 14.2. The highest BCUT2D eigenvalue weighted by Gasteiger charge is 2.12. The number of aromatic nitrogens is 1. The highest BCUT2D eigenvalue weighted by molar-refractivity contribution is 7.26. The Balaban J connectivity index is 0.000000147. The smallest absolute Gasteiger partial charge is 0.0654 e. The van der Waals surface area contributed by atoms with Crippen molar-refractivity contribution >= 4 is 48.2 Å². The largest absolute Gasteiger partial charge is 0.399 e. The third kappa shape index (κ3) is 8.98. The van der Waals surface area contributed by atoms with Gasteiger partial charge in [0.2, 0.25) is 0 Å². The average molecular weight is 701 g/mol. The van der Waals surface area contributed by atoms with Gasteiger partial charge in [0, 0.05) is 26.7 Å². The van der Waals surface area contributed by atoms with Crippen molar-refractivity contribution in [1.29, 1.82) is 0 Å². The molecule has 53 heavy (non-hydrogen) atoms. The van der Waals surface area contributed by atoms with Crippen molar-refractivity contribution in [3.05, 3.63) is 224 Å². The number of anilines is 1. The predicted molar refractivity (Wildman–Crippen MR) is 231 cm³/mol. The van der Waals surface area contributed by atoms with Crippen LogP contribution in [0.5, 0.6) is 0 Å². The first-order chi connectivity index (χ1) is 26.2. The summed E-state index contributed by atoms with van der Waals surface area (Å²) >= 11 is 1.86. The molecule has 3 heteroatoms. The molecule has 0 unspecified atom stereocenters. The van der Waals surface area contributed by atoms with Crippen LogP contribution in [0, 0.1) is 0 Å². The lowest BCUT2D eigenvalue weighted by molar-refractivity contribution is 1.56. The summed E-state index contributed by atoms with van der Waals surface area (Å²) in [5, 5.41) is 2.60. The summed E-state index contributed by atoms with van der Waals surface area (Å²) in [6.07, 6.45) is 0. The van der Waals surface area contributed by atoms with Crippen LogP contribution in [-0.4, -0.2) is 4.98 Å². The fourth-order valence-corrected chi connectivity index (χ4v) is 7.26. The lowest BCUT2D eigenvalue weighted by atomic mass is 9.99. The number of nitrogens with two attached hydrogens (primary N) is 1. The van der Waals surface area contributed by atoms with Crippen LogP contribution in [0.2, 0.25) is 0 Å². The van der Waals surface area contributed by atoms with E-state index in [9.17, 15) is 0 Å². The standard InChI is InChI=1S/C26H18N2S.C12H10.2C6H6/c27-20-12-9-17(10-13-20)16-5-7-18(8-6-16)19-11-14-23-22(15-19)26-25(28-23)21-3-1-2-4-24(21)29-26;1-3-7-11(8-4-1)12-9-5-2-6-10-12;2*1-2-4-6-5-3-1/h1-15,28H,27H2;1-10H;2*1-6H. The second-order valence-corrected chi connectivity index (χ2v) is 13.5. The Bertz CT molecular complexity index is 2450. The minimum atomic E-state index is 0.790. The maximum Gasteiger partial charge on any atom is 0.0654 e. The first-order valence-electron chi connectivity index (χ1n) is 17.7. The Morgan fingerprint density at radius 2 is 0.717 bits per heavy atom. The van der Waals surface area contributed by atoms with Gasteiger partial charge in [-0.25, -0.2) is 0 Å². The van der Waals surface area contributed by atoms with E-state index in [1.807, 2.05) is 108 Å². The number of fused-ring (bicyclic) bond motifs is 5. The second-order valence-electron chi connectivity index (χ2n) is 12.4.